The number of carbonyl (C=O) groups excluding carboxylic acids is 2. The molecule has 0 radical (unpaired) electrons. The Morgan fingerprint density at radius 1 is 0.976 bits per heavy atom. The number of sulfonamides is 1. The van der Waals surface area contributed by atoms with E-state index in [1.54, 1.807) is 37.3 Å². The molecule has 0 aliphatic heterocycles. The van der Waals surface area contributed by atoms with Crippen LogP contribution in [-0.2, 0) is 32.6 Å². The second kappa shape index (κ2) is 14.2. The molecule has 0 aliphatic carbocycles. The van der Waals surface area contributed by atoms with Gasteiger partial charge in [0, 0.05) is 36.5 Å². The fourth-order valence-corrected chi connectivity index (χ4v) is 5.81. The maximum Gasteiger partial charge on any atom is 0.243 e. The van der Waals surface area contributed by atoms with E-state index in [2.05, 4.69) is 5.32 Å². The zero-order chi connectivity index (χ0) is 31.1. The van der Waals surface area contributed by atoms with Crippen molar-refractivity contribution in [2.45, 2.75) is 65.1 Å². The number of anilines is 1. The Morgan fingerprint density at radius 3 is 2.21 bits per heavy atom. The summed E-state index contributed by atoms with van der Waals surface area (Å²) < 4.78 is 40.3. The summed E-state index contributed by atoms with van der Waals surface area (Å²) in [6.45, 7) is 7.53. The van der Waals surface area contributed by atoms with E-state index in [4.69, 9.17) is 11.6 Å². The number of rotatable bonds is 12. The van der Waals surface area contributed by atoms with Gasteiger partial charge < -0.3 is 10.2 Å². The zero-order valence-corrected chi connectivity index (χ0v) is 26.3. The number of benzene rings is 3. The van der Waals surface area contributed by atoms with Gasteiger partial charge in [0.15, 0.2) is 0 Å². The SMILES string of the molecule is Cc1ccc(Cl)cc1N(CCCC(=O)N(Cc1ccc(F)cc1)C(Cc1ccccc1)C(=O)NC(C)(C)C)S(C)(=O)=O. The van der Waals surface area contributed by atoms with Crippen LogP contribution in [-0.4, -0.2) is 49.5 Å². The van der Waals surface area contributed by atoms with Crippen LogP contribution in [0.3, 0.4) is 0 Å². The normalized spacial score (nSPS) is 12.5. The first-order valence-corrected chi connectivity index (χ1v) is 16.0. The Hall–Kier alpha value is -3.43. The topological polar surface area (TPSA) is 86.8 Å². The molecule has 226 valence electrons. The highest BCUT2D eigenvalue weighted by atomic mass is 35.5. The molecule has 1 unspecified atom stereocenters. The second-order valence-electron chi connectivity index (χ2n) is 11.5. The lowest BCUT2D eigenvalue weighted by Crippen LogP contribution is -2.54. The smallest absolute Gasteiger partial charge is 0.243 e. The third-order valence-electron chi connectivity index (χ3n) is 6.63. The van der Waals surface area contributed by atoms with Gasteiger partial charge in [0.05, 0.1) is 11.9 Å². The molecule has 3 rings (SSSR count). The summed E-state index contributed by atoms with van der Waals surface area (Å²) in [7, 11) is -3.67. The molecule has 0 fully saturated rings. The molecule has 0 aliphatic rings. The number of hydrogen-bond acceptors (Lipinski definition) is 4. The highest BCUT2D eigenvalue weighted by Crippen LogP contribution is 2.27. The summed E-state index contributed by atoms with van der Waals surface area (Å²) in [5, 5.41) is 3.41. The van der Waals surface area contributed by atoms with Gasteiger partial charge in [-0.1, -0.05) is 60.1 Å². The summed E-state index contributed by atoms with van der Waals surface area (Å²) >= 11 is 6.16. The number of nitrogens with zero attached hydrogens (tertiary/aromatic N) is 2. The van der Waals surface area contributed by atoms with Crippen molar-refractivity contribution in [2.24, 2.45) is 0 Å². The standard InChI is InChI=1S/C32H39ClFN3O4S/c1-23-13-16-26(33)21-28(23)37(42(5,40)41)19-9-12-30(38)36(22-25-14-17-27(34)18-15-25)29(31(39)35-32(2,3)4)20-24-10-7-6-8-11-24/h6-8,10-11,13-18,21,29H,9,12,19-20,22H2,1-5H3,(H,35,39). The summed E-state index contributed by atoms with van der Waals surface area (Å²) in [5.41, 5.74) is 2.19. The molecular formula is C32H39ClFN3O4S. The van der Waals surface area contributed by atoms with E-state index in [1.807, 2.05) is 51.1 Å². The Labute approximate surface area is 253 Å². The van der Waals surface area contributed by atoms with Crippen LogP contribution in [0.1, 0.15) is 50.3 Å². The molecule has 0 bridgehead atoms. The Bertz CT molecular complexity index is 1480. The van der Waals surface area contributed by atoms with Crippen molar-refractivity contribution in [3.8, 4) is 0 Å². The number of hydrogen-bond donors (Lipinski definition) is 1. The van der Waals surface area contributed by atoms with Gasteiger partial charge in [-0.2, -0.15) is 0 Å². The summed E-state index contributed by atoms with van der Waals surface area (Å²) in [5.74, 6) is -1.03. The molecule has 0 saturated carbocycles. The van der Waals surface area contributed by atoms with Crippen molar-refractivity contribution in [1.29, 1.82) is 0 Å². The molecule has 2 amide bonds. The Morgan fingerprint density at radius 2 is 1.62 bits per heavy atom. The van der Waals surface area contributed by atoms with Crippen LogP contribution in [0, 0.1) is 12.7 Å². The highest BCUT2D eigenvalue weighted by Gasteiger charge is 2.32. The van der Waals surface area contributed by atoms with E-state index in [1.165, 1.54) is 21.3 Å². The average Bonchev–Trinajstić information content (AvgIpc) is 2.90. The van der Waals surface area contributed by atoms with Gasteiger partial charge in [-0.15, -0.1) is 0 Å². The zero-order valence-electron chi connectivity index (χ0n) is 24.7. The summed E-state index contributed by atoms with van der Waals surface area (Å²) in [6, 6.07) is 19.4. The van der Waals surface area contributed by atoms with Crippen molar-refractivity contribution in [3.05, 3.63) is 100 Å². The second-order valence-corrected chi connectivity index (χ2v) is 13.8. The van der Waals surface area contributed by atoms with Crippen LogP contribution in [0.4, 0.5) is 10.1 Å². The highest BCUT2D eigenvalue weighted by molar-refractivity contribution is 7.92. The number of amides is 2. The van der Waals surface area contributed by atoms with E-state index in [9.17, 15) is 22.4 Å². The predicted molar refractivity (Wildman–Crippen MR) is 166 cm³/mol. The van der Waals surface area contributed by atoms with E-state index >= 15 is 0 Å². The van der Waals surface area contributed by atoms with Crippen molar-refractivity contribution >= 4 is 39.1 Å². The van der Waals surface area contributed by atoms with E-state index in [0.717, 1.165) is 17.4 Å². The molecule has 42 heavy (non-hydrogen) atoms. The molecule has 1 atom stereocenters. The molecular weight excluding hydrogens is 577 g/mol. The molecule has 3 aromatic carbocycles. The minimum atomic E-state index is -3.67. The largest absolute Gasteiger partial charge is 0.350 e. The number of aryl methyl sites for hydroxylation is 1. The maximum atomic E-state index is 13.9. The lowest BCUT2D eigenvalue weighted by atomic mass is 10.00. The van der Waals surface area contributed by atoms with Gasteiger partial charge in [-0.3, -0.25) is 13.9 Å². The molecule has 0 saturated heterocycles. The monoisotopic (exact) mass is 615 g/mol. The third-order valence-corrected chi connectivity index (χ3v) is 8.04. The van der Waals surface area contributed by atoms with Crippen LogP contribution in [0.5, 0.6) is 0 Å². The number of halogens is 2. The Balaban J connectivity index is 1.92. The number of nitrogens with one attached hydrogen (secondary N) is 1. The lowest BCUT2D eigenvalue weighted by Gasteiger charge is -2.34. The first-order valence-electron chi connectivity index (χ1n) is 13.8. The fraction of sp³-hybridized carbons (Fsp3) is 0.375. The molecule has 7 nitrogen and oxygen atoms in total. The molecule has 0 spiro atoms. The van der Waals surface area contributed by atoms with E-state index < -0.39 is 27.4 Å². The van der Waals surface area contributed by atoms with Gasteiger partial charge >= 0.3 is 0 Å². The quantitative estimate of drug-likeness (QED) is 0.275. The van der Waals surface area contributed by atoms with Crippen molar-refractivity contribution in [3.63, 3.8) is 0 Å². The molecule has 3 aromatic rings. The third kappa shape index (κ3) is 9.84. The van der Waals surface area contributed by atoms with Gasteiger partial charge in [-0.25, -0.2) is 12.8 Å². The number of carbonyl (C=O) groups is 2. The van der Waals surface area contributed by atoms with Gasteiger partial charge in [-0.05, 0) is 75.1 Å². The van der Waals surface area contributed by atoms with E-state index in [0.29, 0.717) is 16.3 Å². The molecule has 0 aromatic heterocycles. The van der Waals surface area contributed by atoms with Gasteiger partial charge in [0.25, 0.3) is 0 Å². The van der Waals surface area contributed by atoms with Crippen LogP contribution < -0.4 is 9.62 Å². The lowest BCUT2D eigenvalue weighted by molar-refractivity contribution is -0.142. The summed E-state index contributed by atoms with van der Waals surface area (Å²) in [4.78, 5) is 29.1. The molecule has 10 heteroatoms. The van der Waals surface area contributed by atoms with E-state index in [-0.39, 0.29) is 44.2 Å². The first kappa shape index (κ1) is 33.1. The van der Waals surface area contributed by atoms with Crippen LogP contribution in [0.25, 0.3) is 0 Å². The fourth-order valence-electron chi connectivity index (χ4n) is 4.63. The molecule has 0 heterocycles. The first-order chi connectivity index (χ1) is 19.6. The van der Waals surface area contributed by atoms with Gasteiger partial charge in [0.1, 0.15) is 11.9 Å². The van der Waals surface area contributed by atoms with Crippen molar-refractivity contribution < 1.29 is 22.4 Å². The van der Waals surface area contributed by atoms with Crippen LogP contribution in [0.15, 0.2) is 72.8 Å². The predicted octanol–water partition coefficient (Wildman–Crippen LogP) is 5.89. The Kier molecular flexibility index (Phi) is 11.2. The minimum Gasteiger partial charge on any atom is -0.350 e. The van der Waals surface area contributed by atoms with Crippen molar-refractivity contribution in [1.82, 2.24) is 10.2 Å². The molecule has 1 N–H and O–H groups in total. The van der Waals surface area contributed by atoms with Crippen LogP contribution >= 0.6 is 11.6 Å². The minimum absolute atomic E-state index is 0.0130. The van der Waals surface area contributed by atoms with Crippen LogP contribution in [0.2, 0.25) is 5.02 Å². The average molecular weight is 616 g/mol. The van der Waals surface area contributed by atoms with Gasteiger partial charge in [0.2, 0.25) is 21.8 Å². The van der Waals surface area contributed by atoms with Crippen molar-refractivity contribution in [2.75, 3.05) is 17.1 Å². The maximum absolute atomic E-state index is 13.9. The summed E-state index contributed by atoms with van der Waals surface area (Å²) in [6.07, 6.45) is 1.58.